The molecule has 1 atom stereocenters. The highest BCUT2D eigenvalue weighted by Gasteiger charge is 2.10. The zero-order valence-corrected chi connectivity index (χ0v) is 12.9. The Hall–Kier alpha value is -1.39. The summed E-state index contributed by atoms with van der Waals surface area (Å²) in [4.78, 5) is 2.67. The predicted octanol–water partition coefficient (Wildman–Crippen LogP) is 4.23. The van der Waals surface area contributed by atoms with Crippen molar-refractivity contribution in [2.45, 2.75) is 26.8 Å². The Morgan fingerprint density at radius 1 is 1.30 bits per heavy atom. The van der Waals surface area contributed by atoms with Gasteiger partial charge in [0.15, 0.2) is 11.6 Å². The number of halogens is 1. The summed E-state index contributed by atoms with van der Waals surface area (Å²) >= 11 is 1.81. The van der Waals surface area contributed by atoms with E-state index in [-0.39, 0.29) is 11.9 Å². The molecular weight excluding hydrogens is 273 g/mol. The molecule has 0 aliphatic rings. The predicted molar refractivity (Wildman–Crippen MR) is 82.1 cm³/mol. The fourth-order valence-electron chi connectivity index (χ4n) is 2.19. The fraction of sp³-hybridized carbons (Fsp3) is 0.375. The molecule has 20 heavy (non-hydrogen) atoms. The van der Waals surface area contributed by atoms with Gasteiger partial charge in [-0.15, -0.1) is 11.3 Å². The maximum atomic E-state index is 13.4. The quantitative estimate of drug-likeness (QED) is 0.805. The van der Waals surface area contributed by atoms with Gasteiger partial charge >= 0.3 is 0 Å². The molecule has 0 aliphatic heterocycles. The van der Waals surface area contributed by atoms with E-state index in [4.69, 9.17) is 4.74 Å². The molecule has 0 spiro atoms. The van der Waals surface area contributed by atoms with Gasteiger partial charge in [-0.25, -0.2) is 4.39 Å². The van der Waals surface area contributed by atoms with Crippen LogP contribution < -0.4 is 10.1 Å². The molecule has 4 heteroatoms. The van der Waals surface area contributed by atoms with Crippen LogP contribution >= 0.6 is 11.3 Å². The Balaban J connectivity index is 1.79. The number of rotatable bonds is 6. The van der Waals surface area contributed by atoms with Crippen LogP contribution in [0.3, 0.4) is 0 Å². The van der Waals surface area contributed by atoms with E-state index >= 15 is 0 Å². The third-order valence-corrected chi connectivity index (χ3v) is 4.17. The van der Waals surface area contributed by atoms with Crippen LogP contribution in [0.2, 0.25) is 0 Å². The Labute approximate surface area is 123 Å². The summed E-state index contributed by atoms with van der Waals surface area (Å²) in [5.41, 5.74) is 1.33. The zero-order chi connectivity index (χ0) is 14.5. The molecule has 108 valence electrons. The number of nitrogens with one attached hydrogen (secondary N) is 1. The van der Waals surface area contributed by atoms with Crippen LogP contribution in [-0.4, -0.2) is 13.2 Å². The van der Waals surface area contributed by atoms with Gasteiger partial charge in [0.25, 0.3) is 0 Å². The lowest BCUT2D eigenvalue weighted by atomic mass is 10.1. The number of hydrogen-bond donors (Lipinski definition) is 1. The first kappa shape index (κ1) is 15.0. The van der Waals surface area contributed by atoms with E-state index in [0.717, 1.165) is 0 Å². The van der Waals surface area contributed by atoms with E-state index in [1.807, 2.05) is 11.3 Å². The van der Waals surface area contributed by atoms with E-state index < -0.39 is 0 Å². The topological polar surface area (TPSA) is 21.3 Å². The van der Waals surface area contributed by atoms with Crippen LogP contribution in [0.1, 0.15) is 28.3 Å². The average Bonchev–Trinajstić information content (AvgIpc) is 2.75. The van der Waals surface area contributed by atoms with Gasteiger partial charge in [-0.2, -0.15) is 0 Å². The molecule has 1 unspecified atom stereocenters. The first-order valence-electron chi connectivity index (χ1n) is 6.75. The molecule has 0 amide bonds. The summed E-state index contributed by atoms with van der Waals surface area (Å²) in [5, 5.41) is 3.40. The molecule has 0 bridgehead atoms. The van der Waals surface area contributed by atoms with Crippen LogP contribution in [0.4, 0.5) is 4.39 Å². The molecule has 2 rings (SSSR count). The van der Waals surface area contributed by atoms with Crippen molar-refractivity contribution in [3.63, 3.8) is 0 Å². The normalized spacial score (nSPS) is 12.4. The van der Waals surface area contributed by atoms with Gasteiger partial charge < -0.3 is 10.1 Å². The highest BCUT2D eigenvalue weighted by Crippen LogP contribution is 2.25. The van der Waals surface area contributed by atoms with Gasteiger partial charge in [-0.05, 0) is 44.5 Å². The molecule has 0 saturated heterocycles. The second-order valence-corrected chi connectivity index (χ2v) is 6.28. The van der Waals surface area contributed by atoms with Crippen molar-refractivity contribution in [1.29, 1.82) is 0 Å². The van der Waals surface area contributed by atoms with Gasteiger partial charge in [0.1, 0.15) is 6.61 Å². The summed E-state index contributed by atoms with van der Waals surface area (Å²) in [5.74, 6) is -0.00522. The third-order valence-electron chi connectivity index (χ3n) is 3.19. The maximum absolute atomic E-state index is 13.4. The standard InChI is InChI=1S/C16H20FNOS/c1-11-10-14(13(3)20-11)12(2)18-8-9-19-16-7-5-4-6-15(16)17/h4-7,10,12,18H,8-9H2,1-3H3. The molecule has 1 aromatic heterocycles. The number of thiophene rings is 1. The smallest absolute Gasteiger partial charge is 0.165 e. The molecular formula is C16H20FNOS. The second kappa shape index (κ2) is 6.86. The SMILES string of the molecule is Cc1cc(C(C)NCCOc2ccccc2F)c(C)s1. The number of aryl methyl sites for hydroxylation is 2. The summed E-state index contributed by atoms with van der Waals surface area (Å²) < 4.78 is 18.8. The number of hydrogen-bond acceptors (Lipinski definition) is 3. The lowest BCUT2D eigenvalue weighted by molar-refractivity contribution is 0.293. The second-order valence-electron chi connectivity index (χ2n) is 4.82. The third kappa shape index (κ3) is 3.81. The van der Waals surface area contributed by atoms with Crippen molar-refractivity contribution < 1.29 is 9.13 Å². The highest BCUT2D eigenvalue weighted by molar-refractivity contribution is 7.12. The van der Waals surface area contributed by atoms with Crippen molar-refractivity contribution in [2.75, 3.05) is 13.2 Å². The summed E-state index contributed by atoms with van der Waals surface area (Å²) in [6, 6.07) is 8.98. The van der Waals surface area contributed by atoms with Crippen molar-refractivity contribution in [2.24, 2.45) is 0 Å². The minimum atomic E-state index is -0.315. The number of para-hydroxylation sites is 1. The lowest BCUT2D eigenvalue weighted by Crippen LogP contribution is -2.24. The summed E-state index contributed by atoms with van der Waals surface area (Å²) in [6.45, 7) is 7.53. The Bertz CT molecular complexity index is 567. The van der Waals surface area contributed by atoms with Crippen LogP contribution in [0.25, 0.3) is 0 Å². The first-order chi connectivity index (χ1) is 9.58. The minimum Gasteiger partial charge on any atom is -0.489 e. The Morgan fingerprint density at radius 2 is 2.05 bits per heavy atom. The van der Waals surface area contributed by atoms with Gasteiger partial charge in [-0.1, -0.05) is 12.1 Å². The Morgan fingerprint density at radius 3 is 2.70 bits per heavy atom. The molecule has 2 nitrogen and oxygen atoms in total. The van der Waals surface area contributed by atoms with Crippen molar-refractivity contribution in [3.05, 3.63) is 51.5 Å². The van der Waals surface area contributed by atoms with Gasteiger partial charge in [0.05, 0.1) is 0 Å². The van der Waals surface area contributed by atoms with Crippen LogP contribution in [-0.2, 0) is 0 Å². The van der Waals surface area contributed by atoms with Crippen LogP contribution in [0.15, 0.2) is 30.3 Å². The minimum absolute atomic E-state index is 0.282. The molecule has 0 saturated carbocycles. The van der Waals surface area contributed by atoms with Crippen LogP contribution in [0, 0.1) is 19.7 Å². The average molecular weight is 293 g/mol. The first-order valence-corrected chi connectivity index (χ1v) is 7.57. The number of ether oxygens (including phenoxy) is 1. The highest BCUT2D eigenvalue weighted by atomic mass is 32.1. The van der Waals surface area contributed by atoms with Crippen LogP contribution in [0.5, 0.6) is 5.75 Å². The maximum Gasteiger partial charge on any atom is 0.165 e. The largest absolute Gasteiger partial charge is 0.489 e. The van der Waals surface area contributed by atoms with E-state index in [1.54, 1.807) is 18.2 Å². The lowest BCUT2D eigenvalue weighted by Gasteiger charge is -2.14. The fourth-order valence-corrected chi connectivity index (χ4v) is 3.21. The monoisotopic (exact) mass is 293 g/mol. The molecule has 2 aromatic rings. The molecule has 0 fully saturated rings. The Kier molecular flexibility index (Phi) is 5.15. The van der Waals surface area contributed by atoms with E-state index in [2.05, 4.69) is 32.2 Å². The zero-order valence-electron chi connectivity index (χ0n) is 12.1. The summed E-state index contributed by atoms with van der Waals surface area (Å²) in [7, 11) is 0. The van der Waals surface area contributed by atoms with Crippen molar-refractivity contribution >= 4 is 11.3 Å². The van der Waals surface area contributed by atoms with E-state index in [0.29, 0.717) is 18.9 Å². The molecule has 1 aromatic carbocycles. The summed E-state index contributed by atoms with van der Waals surface area (Å²) in [6.07, 6.45) is 0. The number of benzene rings is 1. The van der Waals surface area contributed by atoms with Crippen molar-refractivity contribution in [1.82, 2.24) is 5.32 Å². The molecule has 1 N–H and O–H groups in total. The molecule has 0 radical (unpaired) electrons. The van der Waals surface area contributed by atoms with E-state index in [9.17, 15) is 4.39 Å². The van der Waals surface area contributed by atoms with Gasteiger partial charge in [-0.3, -0.25) is 0 Å². The van der Waals surface area contributed by atoms with Crippen molar-refractivity contribution in [3.8, 4) is 5.75 Å². The van der Waals surface area contributed by atoms with Gasteiger partial charge in [0.2, 0.25) is 0 Å². The van der Waals surface area contributed by atoms with Gasteiger partial charge in [0, 0.05) is 22.3 Å². The molecule has 1 heterocycles. The van der Waals surface area contributed by atoms with E-state index in [1.165, 1.54) is 21.4 Å². The molecule has 0 aliphatic carbocycles.